The van der Waals surface area contributed by atoms with Gasteiger partial charge in [0.2, 0.25) is 0 Å². The molecule has 0 saturated carbocycles. The zero-order chi connectivity index (χ0) is 14.9. The highest BCUT2D eigenvalue weighted by molar-refractivity contribution is 8.13. The van der Waals surface area contributed by atoms with Crippen LogP contribution in [0.5, 0.6) is 0 Å². The van der Waals surface area contributed by atoms with Crippen LogP contribution in [0.15, 0.2) is 23.1 Å². The maximum absolute atomic E-state index is 13.5. The minimum atomic E-state index is -4.06. The van der Waals surface area contributed by atoms with E-state index < -0.39 is 19.8 Å². The molecule has 110 valence electrons. The molecule has 1 heterocycles. The van der Waals surface area contributed by atoms with Crippen LogP contribution in [0.1, 0.15) is 30.1 Å². The highest BCUT2D eigenvalue weighted by Crippen LogP contribution is 2.22. The Labute approximate surface area is 121 Å². The third-order valence-electron chi connectivity index (χ3n) is 3.47. The van der Waals surface area contributed by atoms with Crippen LogP contribution in [0.25, 0.3) is 0 Å². The summed E-state index contributed by atoms with van der Waals surface area (Å²) in [5.41, 5.74) is 0.0128. The fraction of sp³-hybridized carbons (Fsp3) is 0.462. The molecule has 1 aliphatic rings. The maximum atomic E-state index is 13.5. The molecule has 1 amide bonds. The van der Waals surface area contributed by atoms with Crippen molar-refractivity contribution in [2.75, 3.05) is 13.1 Å². The van der Waals surface area contributed by atoms with Crippen molar-refractivity contribution in [1.82, 2.24) is 4.90 Å². The molecule has 7 heteroatoms. The molecular weight excluding hydrogens is 305 g/mol. The van der Waals surface area contributed by atoms with Gasteiger partial charge in [-0.2, -0.15) is 0 Å². The van der Waals surface area contributed by atoms with Gasteiger partial charge in [-0.25, -0.2) is 12.8 Å². The Balaban J connectivity index is 2.28. The van der Waals surface area contributed by atoms with E-state index in [1.165, 1.54) is 0 Å². The molecule has 1 saturated heterocycles. The number of amides is 1. The molecule has 0 atom stereocenters. The van der Waals surface area contributed by atoms with Crippen LogP contribution in [0.3, 0.4) is 0 Å². The Kier molecular flexibility index (Phi) is 4.34. The number of halogens is 2. The van der Waals surface area contributed by atoms with Crippen LogP contribution in [-0.2, 0) is 9.05 Å². The average Bonchev–Trinajstić information content (AvgIpc) is 2.37. The van der Waals surface area contributed by atoms with E-state index in [1.807, 2.05) is 0 Å². The molecule has 0 aliphatic carbocycles. The molecule has 1 aromatic carbocycles. The first-order valence-corrected chi connectivity index (χ1v) is 8.63. The van der Waals surface area contributed by atoms with Crippen molar-refractivity contribution in [1.29, 1.82) is 0 Å². The number of likely N-dealkylation sites (tertiary alicyclic amines) is 1. The van der Waals surface area contributed by atoms with Crippen LogP contribution in [0, 0.1) is 11.7 Å². The van der Waals surface area contributed by atoms with E-state index in [2.05, 4.69) is 6.92 Å². The molecule has 2 rings (SSSR count). The minimum absolute atomic E-state index is 0.0128. The summed E-state index contributed by atoms with van der Waals surface area (Å²) in [5, 5.41) is 0. The van der Waals surface area contributed by atoms with Crippen LogP contribution in [0.4, 0.5) is 4.39 Å². The number of carbonyl (C=O) groups excluding carboxylic acids is 1. The van der Waals surface area contributed by atoms with Crippen LogP contribution >= 0.6 is 10.7 Å². The third-order valence-corrected chi connectivity index (χ3v) is 4.80. The highest BCUT2D eigenvalue weighted by Gasteiger charge is 2.23. The molecule has 0 aromatic heterocycles. The molecule has 0 bridgehead atoms. The topological polar surface area (TPSA) is 54.5 Å². The Morgan fingerprint density at radius 1 is 1.30 bits per heavy atom. The Morgan fingerprint density at radius 2 is 1.90 bits per heavy atom. The van der Waals surface area contributed by atoms with E-state index in [-0.39, 0.29) is 11.5 Å². The molecule has 4 nitrogen and oxygen atoms in total. The fourth-order valence-electron chi connectivity index (χ4n) is 2.22. The lowest BCUT2D eigenvalue weighted by molar-refractivity contribution is 0.0696. The number of nitrogens with zero attached hydrogens (tertiary/aromatic N) is 1. The van der Waals surface area contributed by atoms with Crippen molar-refractivity contribution in [3.63, 3.8) is 0 Å². The van der Waals surface area contributed by atoms with Gasteiger partial charge in [-0.05, 0) is 37.0 Å². The maximum Gasteiger partial charge on any atom is 0.261 e. The first-order valence-electron chi connectivity index (χ1n) is 6.32. The van der Waals surface area contributed by atoms with E-state index in [0.717, 1.165) is 31.0 Å². The van der Waals surface area contributed by atoms with Crippen LogP contribution < -0.4 is 0 Å². The van der Waals surface area contributed by atoms with Crippen LogP contribution in [-0.4, -0.2) is 32.3 Å². The van der Waals surface area contributed by atoms with Crippen molar-refractivity contribution in [3.8, 4) is 0 Å². The van der Waals surface area contributed by atoms with Crippen molar-refractivity contribution < 1.29 is 17.6 Å². The highest BCUT2D eigenvalue weighted by atomic mass is 35.7. The molecule has 0 unspecified atom stereocenters. The summed E-state index contributed by atoms with van der Waals surface area (Å²) in [6.45, 7) is 3.31. The zero-order valence-corrected chi connectivity index (χ0v) is 12.5. The van der Waals surface area contributed by atoms with Gasteiger partial charge in [-0.3, -0.25) is 4.79 Å². The SMILES string of the molecule is CC1CCN(C(=O)c2cc(F)cc(S(=O)(=O)Cl)c2)CC1. The molecule has 0 spiro atoms. The van der Waals surface area contributed by atoms with E-state index in [4.69, 9.17) is 10.7 Å². The van der Waals surface area contributed by atoms with E-state index in [1.54, 1.807) is 4.90 Å². The smallest absolute Gasteiger partial charge is 0.261 e. The normalized spacial score (nSPS) is 17.2. The quantitative estimate of drug-likeness (QED) is 0.787. The summed E-state index contributed by atoms with van der Waals surface area (Å²) in [4.78, 5) is 13.5. The van der Waals surface area contributed by atoms with Gasteiger partial charge < -0.3 is 4.90 Å². The molecule has 0 N–H and O–H groups in total. The summed E-state index contributed by atoms with van der Waals surface area (Å²) in [6.07, 6.45) is 1.78. The second kappa shape index (κ2) is 5.69. The number of rotatable bonds is 2. The third kappa shape index (κ3) is 3.49. The van der Waals surface area contributed by atoms with Gasteiger partial charge in [-0.15, -0.1) is 0 Å². The van der Waals surface area contributed by atoms with E-state index in [9.17, 15) is 17.6 Å². The number of benzene rings is 1. The summed E-state index contributed by atoms with van der Waals surface area (Å²) in [6, 6.07) is 2.95. The molecule has 1 aliphatic heterocycles. The summed E-state index contributed by atoms with van der Waals surface area (Å²) in [5.74, 6) is -0.594. The fourth-order valence-corrected chi connectivity index (χ4v) is 3.01. The number of hydrogen-bond donors (Lipinski definition) is 0. The van der Waals surface area contributed by atoms with E-state index >= 15 is 0 Å². The lowest BCUT2D eigenvalue weighted by Gasteiger charge is -2.30. The van der Waals surface area contributed by atoms with Crippen molar-refractivity contribution in [2.24, 2.45) is 5.92 Å². The second-order valence-corrected chi connectivity index (χ2v) is 7.65. The Hall–Kier alpha value is -1.14. The molecule has 0 radical (unpaired) electrons. The van der Waals surface area contributed by atoms with Gasteiger partial charge in [0.1, 0.15) is 5.82 Å². The van der Waals surface area contributed by atoms with Gasteiger partial charge in [-0.1, -0.05) is 6.92 Å². The van der Waals surface area contributed by atoms with Gasteiger partial charge >= 0.3 is 0 Å². The zero-order valence-electron chi connectivity index (χ0n) is 11.0. The Bertz CT molecular complexity index is 625. The Morgan fingerprint density at radius 3 is 2.45 bits per heavy atom. The lowest BCUT2D eigenvalue weighted by atomic mass is 9.98. The summed E-state index contributed by atoms with van der Waals surface area (Å²) in [7, 11) is 1.13. The number of hydrogen-bond acceptors (Lipinski definition) is 3. The molecular formula is C13H15ClFNO3S. The first kappa shape index (κ1) is 15.3. The van der Waals surface area contributed by atoms with Gasteiger partial charge in [0.25, 0.3) is 15.0 Å². The van der Waals surface area contributed by atoms with Crippen molar-refractivity contribution in [3.05, 3.63) is 29.6 Å². The second-order valence-electron chi connectivity index (χ2n) is 5.09. The number of piperidine rings is 1. The van der Waals surface area contributed by atoms with Crippen molar-refractivity contribution in [2.45, 2.75) is 24.7 Å². The molecule has 1 aromatic rings. The first-order chi connectivity index (χ1) is 9.27. The monoisotopic (exact) mass is 319 g/mol. The largest absolute Gasteiger partial charge is 0.339 e. The van der Waals surface area contributed by atoms with Gasteiger partial charge in [0.05, 0.1) is 4.90 Å². The average molecular weight is 320 g/mol. The predicted octanol–water partition coefficient (Wildman–Crippen LogP) is 2.63. The minimum Gasteiger partial charge on any atom is -0.339 e. The van der Waals surface area contributed by atoms with Gasteiger partial charge in [0, 0.05) is 29.3 Å². The lowest BCUT2D eigenvalue weighted by Crippen LogP contribution is -2.38. The van der Waals surface area contributed by atoms with Crippen LogP contribution in [0.2, 0.25) is 0 Å². The summed E-state index contributed by atoms with van der Waals surface area (Å²) < 4.78 is 36.0. The molecule has 1 fully saturated rings. The van der Waals surface area contributed by atoms with Crippen molar-refractivity contribution >= 4 is 25.6 Å². The summed E-state index contributed by atoms with van der Waals surface area (Å²) >= 11 is 0. The molecule has 20 heavy (non-hydrogen) atoms. The standard InChI is InChI=1S/C13H15ClFNO3S/c1-9-2-4-16(5-3-9)13(17)10-6-11(15)8-12(7-10)20(14,18)19/h6-9H,2-5H2,1H3. The number of carbonyl (C=O) groups is 1. The van der Waals surface area contributed by atoms with E-state index in [0.29, 0.717) is 19.0 Å². The predicted molar refractivity (Wildman–Crippen MR) is 73.7 cm³/mol. The van der Waals surface area contributed by atoms with Gasteiger partial charge in [0.15, 0.2) is 0 Å².